The number of fused-ring (bicyclic) bond motifs is 1. The molecule has 2 rings (SSSR count). The summed E-state index contributed by atoms with van der Waals surface area (Å²) in [6.07, 6.45) is 6.10. The average Bonchev–Trinajstić information content (AvgIpc) is 2.59. The van der Waals surface area contributed by atoms with Crippen LogP contribution >= 0.6 is 0 Å². The Balaban J connectivity index is 2.19. The molecule has 2 aliphatic carbocycles. The summed E-state index contributed by atoms with van der Waals surface area (Å²) in [4.78, 5) is 22.9. The molecule has 0 aromatic heterocycles. The third kappa shape index (κ3) is 1.37. The minimum atomic E-state index is -0.203. The zero-order valence-corrected chi connectivity index (χ0v) is 8.23. The number of carbonyl (C=O) groups is 2. The lowest BCUT2D eigenvalue weighted by molar-refractivity contribution is -0.146. The van der Waals surface area contributed by atoms with Crippen LogP contribution < -0.4 is 0 Å². The molecule has 0 aliphatic heterocycles. The number of ether oxygens (including phenoxy) is 1. The van der Waals surface area contributed by atoms with Crippen LogP contribution in [0.4, 0.5) is 0 Å². The summed E-state index contributed by atoms with van der Waals surface area (Å²) < 4.78 is 4.73. The molecule has 3 heteroatoms. The van der Waals surface area contributed by atoms with E-state index in [1.807, 2.05) is 12.2 Å². The number of allylic oxidation sites excluding steroid dienone is 1. The molecule has 0 aromatic rings. The molecule has 0 spiro atoms. The second kappa shape index (κ2) is 3.56. The van der Waals surface area contributed by atoms with Crippen molar-refractivity contribution in [2.45, 2.75) is 19.3 Å². The molecular formula is C11H14O3. The Kier molecular flexibility index (Phi) is 2.40. The second-order valence-electron chi connectivity index (χ2n) is 3.99. The maximum Gasteiger partial charge on any atom is 0.312 e. The molecule has 3 nitrogen and oxygen atoms in total. The largest absolute Gasteiger partial charge is 0.469 e. The van der Waals surface area contributed by atoms with E-state index in [2.05, 4.69) is 0 Å². The van der Waals surface area contributed by atoms with E-state index in [1.165, 1.54) is 7.11 Å². The van der Waals surface area contributed by atoms with E-state index in [9.17, 15) is 9.59 Å². The van der Waals surface area contributed by atoms with Gasteiger partial charge in [0.25, 0.3) is 0 Å². The number of hydrogen-bond donors (Lipinski definition) is 0. The summed E-state index contributed by atoms with van der Waals surface area (Å²) in [5, 5.41) is 0. The molecule has 0 amide bonds. The lowest BCUT2D eigenvalue weighted by atomic mass is 9.78. The topological polar surface area (TPSA) is 43.4 Å². The van der Waals surface area contributed by atoms with E-state index >= 15 is 0 Å². The molecule has 2 aliphatic rings. The lowest BCUT2D eigenvalue weighted by Gasteiger charge is -2.26. The van der Waals surface area contributed by atoms with Gasteiger partial charge in [0.05, 0.1) is 13.0 Å². The molecule has 1 saturated carbocycles. The zero-order chi connectivity index (χ0) is 10.1. The van der Waals surface area contributed by atoms with Crippen molar-refractivity contribution in [2.75, 3.05) is 7.11 Å². The number of rotatable bonds is 1. The van der Waals surface area contributed by atoms with Gasteiger partial charge in [-0.1, -0.05) is 12.2 Å². The molecule has 1 fully saturated rings. The first-order valence-electron chi connectivity index (χ1n) is 5.01. The van der Waals surface area contributed by atoms with Crippen LogP contribution in [0.2, 0.25) is 0 Å². The van der Waals surface area contributed by atoms with Gasteiger partial charge in [0.1, 0.15) is 5.78 Å². The van der Waals surface area contributed by atoms with Crippen molar-refractivity contribution < 1.29 is 14.3 Å². The number of carbonyl (C=O) groups excluding carboxylic acids is 2. The molecular weight excluding hydrogens is 180 g/mol. The van der Waals surface area contributed by atoms with Gasteiger partial charge in [-0.05, 0) is 18.8 Å². The molecule has 0 radical (unpaired) electrons. The molecule has 76 valence electrons. The van der Waals surface area contributed by atoms with Crippen molar-refractivity contribution in [3.8, 4) is 0 Å². The highest BCUT2D eigenvalue weighted by molar-refractivity contribution is 5.86. The monoisotopic (exact) mass is 194 g/mol. The van der Waals surface area contributed by atoms with Crippen molar-refractivity contribution in [1.29, 1.82) is 0 Å². The standard InChI is InChI=1S/C11H14O3/c1-14-11(13)9-4-2-3-8-7(9)5-6-10(8)12/h2,4,7-9H,3,5-6H2,1H3/t7-,8-,9-/m1/s1. The predicted molar refractivity (Wildman–Crippen MR) is 50.5 cm³/mol. The minimum absolute atomic E-state index is 0.0732. The van der Waals surface area contributed by atoms with Gasteiger partial charge in [-0.25, -0.2) is 0 Å². The maximum absolute atomic E-state index is 11.5. The molecule has 0 bridgehead atoms. The average molecular weight is 194 g/mol. The summed E-state index contributed by atoms with van der Waals surface area (Å²) in [6, 6.07) is 0. The Morgan fingerprint density at radius 1 is 1.57 bits per heavy atom. The number of Topliss-reactive ketones (excluding diaryl/α,β-unsaturated/α-hetero) is 1. The Morgan fingerprint density at radius 2 is 2.36 bits per heavy atom. The summed E-state index contributed by atoms with van der Waals surface area (Å²) >= 11 is 0. The summed E-state index contributed by atoms with van der Waals surface area (Å²) in [5.41, 5.74) is 0. The van der Waals surface area contributed by atoms with E-state index in [1.54, 1.807) is 0 Å². The first-order valence-corrected chi connectivity index (χ1v) is 5.01. The fraction of sp³-hybridized carbons (Fsp3) is 0.636. The third-order valence-electron chi connectivity index (χ3n) is 3.32. The van der Waals surface area contributed by atoms with Gasteiger partial charge in [0.15, 0.2) is 0 Å². The van der Waals surface area contributed by atoms with E-state index in [-0.39, 0.29) is 23.7 Å². The molecule has 0 N–H and O–H groups in total. The van der Waals surface area contributed by atoms with Gasteiger partial charge in [-0.15, -0.1) is 0 Å². The second-order valence-corrected chi connectivity index (χ2v) is 3.99. The van der Waals surface area contributed by atoms with E-state index in [4.69, 9.17) is 4.74 Å². The fourth-order valence-electron chi connectivity index (χ4n) is 2.57. The smallest absolute Gasteiger partial charge is 0.312 e. The van der Waals surface area contributed by atoms with Crippen molar-refractivity contribution in [3.05, 3.63) is 12.2 Å². The summed E-state index contributed by atoms with van der Waals surface area (Å²) in [7, 11) is 1.40. The number of hydrogen-bond acceptors (Lipinski definition) is 3. The van der Waals surface area contributed by atoms with Gasteiger partial charge >= 0.3 is 5.97 Å². The predicted octanol–water partition coefficient (Wildman–Crippen LogP) is 1.33. The van der Waals surface area contributed by atoms with E-state index in [0.717, 1.165) is 12.8 Å². The van der Waals surface area contributed by atoms with Gasteiger partial charge in [-0.3, -0.25) is 9.59 Å². The number of esters is 1. The van der Waals surface area contributed by atoms with E-state index < -0.39 is 0 Å². The highest BCUT2D eigenvalue weighted by atomic mass is 16.5. The Morgan fingerprint density at radius 3 is 3.07 bits per heavy atom. The maximum atomic E-state index is 11.5. The quantitative estimate of drug-likeness (QED) is 0.467. The van der Waals surface area contributed by atoms with Crippen LogP contribution in [0.1, 0.15) is 19.3 Å². The minimum Gasteiger partial charge on any atom is -0.469 e. The number of methoxy groups -OCH3 is 1. The SMILES string of the molecule is COC(=O)[C@@H]1C=CC[C@H]2C(=O)CC[C@@H]12. The number of ketones is 1. The first-order chi connectivity index (χ1) is 6.74. The van der Waals surface area contributed by atoms with Gasteiger partial charge in [0.2, 0.25) is 0 Å². The zero-order valence-electron chi connectivity index (χ0n) is 8.23. The van der Waals surface area contributed by atoms with Crippen LogP contribution in [0.3, 0.4) is 0 Å². The summed E-state index contributed by atoms with van der Waals surface area (Å²) in [6.45, 7) is 0. The van der Waals surface area contributed by atoms with Crippen molar-refractivity contribution in [3.63, 3.8) is 0 Å². The highest BCUT2D eigenvalue weighted by Gasteiger charge is 2.42. The van der Waals surface area contributed by atoms with Crippen molar-refractivity contribution in [1.82, 2.24) is 0 Å². The van der Waals surface area contributed by atoms with Gasteiger partial charge in [0, 0.05) is 12.3 Å². The molecule has 0 saturated heterocycles. The fourth-order valence-corrected chi connectivity index (χ4v) is 2.57. The molecule has 3 atom stereocenters. The van der Waals surface area contributed by atoms with Crippen LogP contribution in [0.15, 0.2) is 12.2 Å². The van der Waals surface area contributed by atoms with Crippen molar-refractivity contribution >= 4 is 11.8 Å². The molecule has 0 heterocycles. The van der Waals surface area contributed by atoms with E-state index in [0.29, 0.717) is 12.2 Å². The van der Waals surface area contributed by atoms with Crippen LogP contribution in [0, 0.1) is 17.8 Å². The van der Waals surface area contributed by atoms with Crippen molar-refractivity contribution in [2.24, 2.45) is 17.8 Å². The van der Waals surface area contributed by atoms with Crippen LogP contribution in [0.25, 0.3) is 0 Å². The first kappa shape index (κ1) is 9.44. The Labute approximate surface area is 83.1 Å². The lowest BCUT2D eigenvalue weighted by Crippen LogP contribution is -2.30. The molecule has 0 unspecified atom stereocenters. The normalized spacial score (nSPS) is 35.5. The van der Waals surface area contributed by atoms with Gasteiger partial charge in [-0.2, -0.15) is 0 Å². The van der Waals surface area contributed by atoms with Crippen LogP contribution in [-0.4, -0.2) is 18.9 Å². The van der Waals surface area contributed by atoms with Gasteiger partial charge < -0.3 is 4.74 Å². The van der Waals surface area contributed by atoms with Crippen LogP contribution in [-0.2, 0) is 14.3 Å². The Hall–Kier alpha value is -1.12. The van der Waals surface area contributed by atoms with Crippen LogP contribution in [0.5, 0.6) is 0 Å². The third-order valence-corrected chi connectivity index (χ3v) is 3.32. The Bertz CT molecular complexity index is 293. The molecule has 14 heavy (non-hydrogen) atoms. The highest BCUT2D eigenvalue weighted by Crippen LogP contribution is 2.40. The summed E-state index contributed by atoms with van der Waals surface area (Å²) in [5.74, 6) is 0.188. The molecule has 0 aromatic carbocycles.